The van der Waals surface area contributed by atoms with Crippen molar-refractivity contribution < 1.29 is 53.3 Å². The number of primary amides is 1. The van der Waals surface area contributed by atoms with Crippen LogP contribution in [-0.4, -0.2) is 138 Å². The fraction of sp³-hybridized carbons (Fsp3) is 0.795. The number of amides is 7. The largest absolute Gasteiger partial charge is 0.467 e. The van der Waals surface area contributed by atoms with Crippen LogP contribution in [0, 0.1) is 23.7 Å². The molecule has 0 spiro atoms. The summed E-state index contributed by atoms with van der Waals surface area (Å²) in [5, 5.41) is 36.8. The van der Waals surface area contributed by atoms with E-state index in [0.717, 1.165) is 6.92 Å². The van der Waals surface area contributed by atoms with Gasteiger partial charge in [-0.15, -0.1) is 0 Å². The molecule has 10 N–H and O–H groups in total. The number of carbonyl (C=O) groups excluding carboxylic acids is 8. The van der Waals surface area contributed by atoms with Crippen LogP contribution in [0.5, 0.6) is 0 Å². The molecule has 9 atom stereocenters. The lowest BCUT2D eigenvalue weighted by Crippen LogP contribution is -2.60. The third-order valence-electron chi connectivity index (χ3n) is 10.1. The van der Waals surface area contributed by atoms with Crippen molar-refractivity contribution in [3.8, 4) is 0 Å². The molecule has 1 unspecified atom stereocenters. The molecule has 19 nitrogen and oxygen atoms in total. The highest BCUT2D eigenvalue weighted by Crippen LogP contribution is 2.21. The van der Waals surface area contributed by atoms with Gasteiger partial charge in [0.15, 0.2) is 0 Å². The predicted molar refractivity (Wildman–Crippen MR) is 214 cm³/mol. The van der Waals surface area contributed by atoms with E-state index in [1.165, 1.54) is 7.11 Å². The first kappa shape index (κ1) is 51.7. The van der Waals surface area contributed by atoms with Crippen molar-refractivity contribution >= 4 is 47.3 Å². The molecule has 1 rings (SSSR count). The lowest BCUT2D eigenvalue weighted by Gasteiger charge is -2.33. The summed E-state index contributed by atoms with van der Waals surface area (Å²) in [4.78, 5) is 105. The number of aliphatic hydroxyl groups excluding tert-OH is 2. The second kappa shape index (κ2) is 25.2. The van der Waals surface area contributed by atoms with Crippen LogP contribution in [0.3, 0.4) is 0 Å². The first-order chi connectivity index (χ1) is 27.1. The Bertz CT molecular complexity index is 1410. The molecule has 0 bridgehead atoms. The highest BCUT2D eigenvalue weighted by atomic mass is 16.5. The van der Waals surface area contributed by atoms with Crippen molar-refractivity contribution in [3.63, 3.8) is 0 Å². The lowest BCUT2D eigenvalue weighted by atomic mass is 9.96. The van der Waals surface area contributed by atoms with Gasteiger partial charge in [-0.3, -0.25) is 38.5 Å². The first-order valence-electron chi connectivity index (χ1n) is 20.2. The van der Waals surface area contributed by atoms with E-state index in [0.29, 0.717) is 25.8 Å². The van der Waals surface area contributed by atoms with Crippen molar-refractivity contribution in [2.75, 3.05) is 26.8 Å². The second-order valence-corrected chi connectivity index (χ2v) is 16.4. The van der Waals surface area contributed by atoms with Gasteiger partial charge in [-0.25, -0.2) is 4.79 Å². The van der Waals surface area contributed by atoms with E-state index in [9.17, 15) is 48.6 Å². The number of methoxy groups -OCH3 is 1. The van der Waals surface area contributed by atoms with Crippen molar-refractivity contribution in [1.82, 2.24) is 36.8 Å². The average molecular weight is 827 g/mol. The molecular formula is C39H70N8O11. The fourth-order valence-electron chi connectivity index (χ4n) is 6.73. The Balaban J connectivity index is 3.23. The van der Waals surface area contributed by atoms with Crippen molar-refractivity contribution in [2.24, 2.45) is 29.4 Å². The zero-order valence-corrected chi connectivity index (χ0v) is 35.9. The molecule has 0 radical (unpaired) electrons. The van der Waals surface area contributed by atoms with E-state index < -0.39 is 109 Å². The van der Waals surface area contributed by atoms with Crippen LogP contribution in [0.4, 0.5) is 0 Å². The lowest BCUT2D eigenvalue weighted by molar-refractivity contribution is -0.147. The number of hydrogen-bond acceptors (Lipinski definition) is 12. The zero-order chi connectivity index (χ0) is 44.4. The summed E-state index contributed by atoms with van der Waals surface area (Å²) in [6.07, 6.45) is 0.174. The molecule has 19 heteroatoms. The van der Waals surface area contributed by atoms with E-state index in [2.05, 4.69) is 31.9 Å². The molecule has 7 amide bonds. The van der Waals surface area contributed by atoms with Crippen LogP contribution in [0.25, 0.3) is 0 Å². The number of hydrogen-bond donors (Lipinski definition) is 9. The van der Waals surface area contributed by atoms with Gasteiger partial charge in [0.1, 0.15) is 30.2 Å². The SMILES string of the molecule is CC[C@H](C)[C@H](NC(=O)[C@@H]1CCCN1CC(O)[C@H](CC(C)C)NC(=O)[C@H](CC(N)=O)NC(=O)[C@H](CC(C)C)NC(=O)[C@H](CO)NC(C)=O)C(=O)N[C@H](C(=O)OC)C(C)C. The van der Waals surface area contributed by atoms with Gasteiger partial charge in [0, 0.05) is 13.5 Å². The topological polar surface area (TPSA) is 288 Å². The number of aliphatic hydroxyl groups is 2. The number of nitrogens with one attached hydrogen (secondary N) is 6. The van der Waals surface area contributed by atoms with E-state index in [-0.39, 0.29) is 43.1 Å². The summed E-state index contributed by atoms with van der Waals surface area (Å²) in [5.74, 6) is -6.22. The minimum Gasteiger partial charge on any atom is -0.467 e. The smallest absolute Gasteiger partial charge is 0.328 e. The van der Waals surface area contributed by atoms with Crippen LogP contribution in [-0.2, 0) is 43.1 Å². The summed E-state index contributed by atoms with van der Waals surface area (Å²) in [7, 11) is 1.23. The molecule has 0 aromatic heterocycles. The van der Waals surface area contributed by atoms with Crippen molar-refractivity contribution in [3.05, 3.63) is 0 Å². The number of carbonyl (C=O) groups is 8. The Morgan fingerprint density at radius 2 is 1.33 bits per heavy atom. The van der Waals surface area contributed by atoms with Gasteiger partial charge in [0.2, 0.25) is 41.4 Å². The predicted octanol–water partition coefficient (Wildman–Crippen LogP) is -1.42. The summed E-state index contributed by atoms with van der Waals surface area (Å²) in [5.41, 5.74) is 5.46. The van der Waals surface area contributed by atoms with Gasteiger partial charge in [-0.2, -0.15) is 0 Å². The third-order valence-corrected chi connectivity index (χ3v) is 10.1. The maximum atomic E-state index is 13.8. The normalized spacial score (nSPS) is 18.5. The Morgan fingerprint density at radius 3 is 1.83 bits per heavy atom. The molecule has 0 aromatic rings. The summed E-state index contributed by atoms with van der Waals surface area (Å²) < 4.78 is 4.85. The number of esters is 1. The number of likely N-dealkylation sites (tertiary alicyclic amines) is 1. The minimum absolute atomic E-state index is 0.0371. The Morgan fingerprint density at radius 1 is 0.759 bits per heavy atom. The number of rotatable bonds is 25. The van der Waals surface area contributed by atoms with Gasteiger partial charge < -0.3 is 52.6 Å². The Hall–Kier alpha value is -4.36. The molecule has 1 saturated heterocycles. The molecule has 0 aromatic carbocycles. The minimum atomic E-state index is -1.49. The molecule has 1 heterocycles. The second-order valence-electron chi connectivity index (χ2n) is 16.4. The van der Waals surface area contributed by atoms with Crippen LogP contribution in [0.2, 0.25) is 0 Å². The highest BCUT2D eigenvalue weighted by Gasteiger charge is 2.39. The van der Waals surface area contributed by atoms with E-state index >= 15 is 0 Å². The molecule has 0 saturated carbocycles. The molecule has 1 aliphatic heterocycles. The monoisotopic (exact) mass is 827 g/mol. The summed E-state index contributed by atoms with van der Waals surface area (Å²) in [6, 6.07) is -7.52. The molecule has 58 heavy (non-hydrogen) atoms. The van der Waals surface area contributed by atoms with E-state index in [4.69, 9.17) is 10.5 Å². The summed E-state index contributed by atoms with van der Waals surface area (Å²) >= 11 is 0. The van der Waals surface area contributed by atoms with Gasteiger partial charge in [-0.05, 0) is 55.9 Å². The average Bonchev–Trinajstić information content (AvgIpc) is 3.60. The quantitative estimate of drug-likeness (QED) is 0.0480. The Labute approximate surface area is 342 Å². The number of β-amino-alcohol motifs (C(OH)–C–C–N with tert-alkyl or cyclic N) is 1. The summed E-state index contributed by atoms with van der Waals surface area (Å²) in [6.45, 7) is 15.4. The third kappa shape index (κ3) is 17.2. The molecular weight excluding hydrogens is 756 g/mol. The standard InChI is InChI=1S/C39H70N8O11/c1-11-23(8)33(38(56)45-32(22(6)7)39(57)58-10)46-37(55)29-13-12-14-47(29)18-30(50)25(15-20(2)3)42-35(53)27(17-31(40)51)44-34(52)26(16-21(4)5)43-36(54)28(19-48)41-24(9)49/h20-23,25-30,32-33,48,50H,11-19H2,1-10H3,(H2,40,51)(H,41,49)(H,42,53)(H,43,54)(H,44,52)(H,45,56)(H,46,55)/t23-,25-,26-,27-,28-,29-,30?,32-,33-/m0/s1. The molecule has 0 aliphatic carbocycles. The van der Waals surface area contributed by atoms with Crippen molar-refractivity contribution in [2.45, 2.75) is 149 Å². The number of nitrogens with zero attached hydrogens (tertiary/aromatic N) is 1. The Kier molecular flexibility index (Phi) is 22.4. The van der Waals surface area contributed by atoms with Crippen LogP contribution in [0.1, 0.15) is 101 Å². The van der Waals surface area contributed by atoms with Crippen molar-refractivity contribution in [1.29, 1.82) is 0 Å². The number of ether oxygens (including phenoxy) is 1. The van der Waals surface area contributed by atoms with Crippen LogP contribution in [0.15, 0.2) is 0 Å². The van der Waals surface area contributed by atoms with E-state index in [1.807, 2.05) is 27.7 Å². The zero-order valence-electron chi connectivity index (χ0n) is 35.9. The first-order valence-corrected chi connectivity index (χ1v) is 20.2. The van der Waals surface area contributed by atoms with Gasteiger partial charge >= 0.3 is 5.97 Å². The highest BCUT2D eigenvalue weighted by molar-refractivity contribution is 5.96. The maximum Gasteiger partial charge on any atom is 0.328 e. The molecule has 1 aliphatic rings. The number of nitrogens with two attached hydrogens (primary N) is 1. The molecule has 332 valence electrons. The van der Waals surface area contributed by atoms with Gasteiger partial charge in [-0.1, -0.05) is 61.8 Å². The van der Waals surface area contributed by atoms with Crippen LogP contribution < -0.4 is 37.6 Å². The maximum absolute atomic E-state index is 13.8. The van der Waals surface area contributed by atoms with Gasteiger partial charge in [0.25, 0.3) is 0 Å². The molecule has 1 fully saturated rings. The fourth-order valence-corrected chi connectivity index (χ4v) is 6.73. The van der Waals surface area contributed by atoms with Crippen LogP contribution >= 0.6 is 0 Å². The van der Waals surface area contributed by atoms with Gasteiger partial charge in [0.05, 0.1) is 38.3 Å². The van der Waals surface area contributed by atoms with E-state index in [1.54, 1.807) is 32.6 Å².